The molecule has 1 heterocycles. The molecule has 23 heavy (non-hydrogen) atoms. The third-order valence-electron chi connectivity index (χ3n) is 4.21. The summed E-state index contributed by atoms with van der Waals surface area (Å²) in [5.41, 5.74) is 0. The van der Waals surface area contributed by atoms with Crippen molar-refractivity contribution < 1.29 is 9.47 Å². The summed E-state index contributed by atoms with van der Waals surface area (Å²) in [6.45, 7) is 4.11. The molecule has 0 atom stereocenters. The van der Waals surface area contributed by atoms with Gasteiger partial charge in [0.25, 0.3) is 0 Å². The molecule has 3 heteroatoms. The van der Waals surface area contributed by atoms with E-state index in [-0.39, 0.29) is 0 Å². The Hall–Kier alpha value is -2.00. The number of rotatable bonds is 7. The lowest BCUT2D eigenvalue weighted by Crippen LogP contribution is -2.39. The normalized spacial score (nSPS) is 16.2. The lowest BCUT2D eigenvalue weighted by atomic mass is 10.1. The predicted molar refractivity (Wildman–Crippen MR) is 93.1 cm³/mol. The summed E-state index contributed by atoms with van der Waals surface area (Å²) >= 11 is 0. The highest BCUT2D eigenvalue weighted by Gasteiger charge is 2.20. The van der Waals surface area contributed by atoms with Crippen molar-refractivity contribution >= 4 is 0 Å². The SMILES string of the molecule is c1ccc(OCCCN2CCC(Oc3ccccc3)CC2)cc1. The summed E-state index contributed by atoms with van der Waals surface area (Å²) in [6, 6.07) is 20.2. The third kappa shape index (κ3) is 5.29. The standard InChI is InChI=1S/C20H25NO2/c1-3-8-18(9-4-1)22-17-7-14-21-15-12-20(13-16-21)23-19-10-5-2-6-11-19/h1-6,8-11,20H,7,12-17H2. The summed E-state index contributed by atoms with van der Waals surface area (Å²) in [6.07, 6.45) is 3.64. The van der Waals surface area contributed by atoms with Crippen LogP contribution >= 0.6 is 0 Å². The van der Waals surface area contributed by atoms with E-state index in [1.807, 2.05) is 60.7 Å². The molecule has 3 rings (SSSR count). The Kier molecular flexibility index (Phi) is 5.93. The fourth-order valence-electron chi connectivity index (χ4n) is 2.94. The van der Waals surface area contributed by atoms with E-state index in [9.17, 15) is 0 Å². The quantitative estimate of drug-likeness (QED) is 0.721. The van der Waals surface area contributed by atoms with Gasteiger partial charge < -0.3 is 14.4 Å². The Morgan fingerprint density at radius 2 is 1.43 bits per heavy atom. The Balaban J connectivity index is 1.30. The van der Waals surface area contributed by atoms with Crippen LogP contribution in [0, 0.1) is 0 Å². The molecule has 1 aliphatic heterocycles. The van der Waals surface area contributed by atoms with Gasteiger partial charge in [0.2, 0.25) is 0 Å². The maximum atomic E-state index is 6.04. The lowest BCUT2D eigenvalue weighted by molar-refractivity contribution is 0.0972. The zero-order valence-corrected chi connectivity index (χ0v) is 13.6. The van der Waals surface area contributed by atoms with Gasteiger partial charge in [0.1, 0.15) is 17.6 Å². The van der Waals surface area contributed by atoms with Crippen molar-refractivity contribution in [2.45, 2.75) is 25.4 Å². The van der Waals surface area contributed by atoms with Crippen LogP contribution in [-0.2, 0) is 0 Å². The molecule has 0 amide bonds. The number of benzene rings is 2. The first-order chi connectivity index (χ1) is 11.4. The van der Waals surface area contributed by atoms with Crippen molar-refractivity contribution in [2.24, 2.45) is 0 Å². The second kappa shape index (κ2) is 8.59. The highest BCUT2D eigenvalue weighted by atomic mass is 16.5. The van der Waals surface area contributed by atoms with Crippen LogP contribution in [0.25, 0.3) is 0 Å². The van der Waals surface area contributed by atoms with Crippen LogP contribution in [0.2, 0.25) is 0 Å². The van der Waals surface area contributed by atoms with Crippen LogP contribution in [-0.4, -0.2) is 37.2 Å². The maximum absolute atomic E-state index is 6.04. The molecule has 0 bridgehead atoms. The minimum Gasteiger partial charge on any atom is -0.494 e. The average Bonchev–Trinajstić information content (AvgIpc) is 2.62. The fourth-order valence-corrected chi connectivity index (χ4v) is 2.94. The first-order valence-corrected chi connectivity index (χ1v) is 8.52. The Labute approximate surface area is 138 Å². The second-order valence-electron chi connectivity index (χ2n) is 5.99. The van der Waals surface area contributed by atoms with Crippen molar-refractivity contribution in [3.63, 3.8) is 0 Å². The predicted octanol–water partition coefficient (Wildman–Crippen LogP) is 4.00. The van der Waals surface area contributed by atoms with Crippen molar-refractivity contribution in [1.29, 1.82) is 0 Å². The van der Waals surface area contributed by atoms with Gasteiger partial charge in [-0.25, -0.2) is 0 Å². The Morgan fingerprint density at radius 3 is 2.09 bits per heavy atom. The zero-order chi connectivity index (χ0) is 15.7. The van der Waals surface area contributed by atoms with Gasteiger partial charge in [0, 0.05) is 19.6 Å². The molecule has 0 radical (unpaired) electrons. The van der Waals surface area contributed by atoms with E-state index >= 15 is 0 Å². The first-order valence-electron chi connectivity index (χ1n) is 8.52. The number of piperidine rings is 1. The topological polar surface area (TPSA) is 21.7 Å². The van der Waals surface area contributed by atoms with Gasteiger partial charge in [-0.1, -0.05) is 36.4 Å². The molecule has 122 valence electrons. The molecular formula is C20H25NO2. The smallest absolute Gasteiger partial charge is 0.119 e. The van der Waals surface area contributed by atoms with Crippen LogP contribution in [0.4, 0.5) is 0 Å². The highest BCUT2D eigenvalue weighted by Crippen LogP contribution is 2.18. The van der Waals surface area contributed by atoms with Crippen molar-refractivity contribution in [3.05, 3.63) is 60.7 Å². The van der Waals surface area contributed by atoms with Crippen LogP contribution in [0.1, 0.15) is 19.3 Å². The minimum absolute atomic E-state index is 0.356. The summed E-state index contributed by atoms with van der Waals surface area (Å²) in [5.74, 6) is 1.95. The van der Waals surface area contributed by atoms with Crippen molar-refractivity contribution in [3.8, 4) is 11.5 Å². The fraction of sp³-hybridized carbons (Fsp3) is 0.400. The monoisotopic (exact) mass is 311 g/mol. The second-order valence-corrected chi connectivity index (χ2v) is 5.99. The van der Waals surface area contributed by atoms with E-state index < -0.39 is 0 Å². The van der Waals surface area contributed by atoms with Gasteiger partial charge in [0.05, 0.1) is 6.61 Å². The number of hydrogen-bond acceptors (Lipinski definition) is 3. The number of likely N-dealkylation sites (tertiary alicyclic amines) is 1. The van der Waals surface area contributed by atoms with E-state index in [1.165, 1.54) is 0 Å². The molecule has 1 fully saturated rings. The number of ether oxygens (including phenoxy) is 2. The molecule has 0 unspecified atom stereocenters. The molecule has 0 aliphatic carbocycles. The molecule has 0 spiro atoms. The molecule has 2 aromatic rings. The highest BCUT2D eigenvalue weighted by molar-refractivity contribution is 5.21. The number of nitrogens with zero attached hydrogens (tertiary/aromatic N) is 1. The molecule has 2 aromatic carbocycles. The van der Waals surface area contributed by atoms with Crippen molar-refractivity contribution in [1.82, 2.24) is 4.90 Å². The van der Waals surface area contributed by atoms with Gasteiger partial charge in [0.15, 0.2) is 0 Å². The third-order valence-corrected chi connectivity index (χ3v) is 4.21. The molecule has 0 N–H and O–H groups in total. The average molecular weight is 311 g/mol. The van der Waals surface area contributed by atoms with E-state index in [0.29, 0.717) is 6.10 Å². The van der Waals surface area contributed by atoms with E-state index in [2.05, 4.69) is 4.90 Å². The van der Waals surface area contributed by atoms with Crippen LogP contribution in [0.5, 0.6) is 11.5 Å². The zero-order valence-electron chi connectivity index (χ0n) is 13.6. The van der Waals surface area contributed by atoms with E-state index in [0.717, 1.165) is 57.0 Å². The van der Waals surface area contributed by atoms with Gasteiger partial charge in [-0.3, -0.25) is 0 Å². The Bertz CT molecular complexity index is 548. The van der Waals surface area contributed by atoms with Gasteiger partial charge in [-0.2, -0.15) is 0 Å². The molecule has 1 aliphatic rings. The van der Waals surface area contributed by atoms with Crippen LogP contribution in [0.3, 0.4) is 0 Å². The summed E-state index contributed by atoms with van der Waals surface area (Å²) in [7, 11) is 0. The molecule has 0 saturated carbocycles. The van der Waals surface area contributed by atoms with E-state index in [4.69, 9.17) is 9.47 Å². The van der Waals surface area contributed by atoms with E-state index in [1.54, 1.807) is 0 Å². The van der Waals surface area contributed by atoms with Gasteiger partial charge in [-0.05, 0) is 43.5 Å². The summed E-state index contributed by atoms with van der Waals surface area (Å²) < 4.78 is 11.8. The maximum Gasteiger partial charge on any atom is 0.119 e. The lowest BCUT2D eigenvalue weighted by Gasteiger charge is -2.32. The van der Waals surface area contributed by atoms with Crippen LogP contribution in [0.15, 0.2) is 60.7 Å². The molecular weight excluding hydrogens is 286 g/mol. The largest absolute Gasteiger partial charge is 0.494 e. The van der Waals surface area contributed by atoms with Crippen molar-refractivity contribution in [2.75, 3.05) is 26.2 Å². The number of hydrogen-bond donors (Lipinski definition) is 0. The van der Waals surface area contributed by atoms with Gasteiger partial charge >= 0.3 is 0 Å². The summed E-state index contributed by atoms with van der Waals surface area (Å²) in [5, 5.41) is 0. The molecule has 1 saturated heterocycles. The summed E-state index contributed by atoms with van der Waals surface area (Å²) in [4.78, 5) is 2.51. The first kappa shape index (κ1) is 15.9. The molecule has 3 nitrogen and oxygen atoms in total. The Morgan fingerprint density at radius 1 is 0.826 bits per heavy atom. The minimum atomic E-state index is 0.356. The molecule has 0 aromatic heterocycles. The number of para-hydroxylation sites is 2. The van der Waals surface area contributed by atoms with Crippen LogP contribution < -0.4 is 9.47 Å². The van der Waals surface area contributed by atoms with Gasteiger partial charge in [-0.15, -0.1) is 0 Å².